The van der Waals surface area contributed by atoms with Gasteiger partial charge in [-0.25, -0.2) is 0 Å². The Labute approximate surface area is 73.1 Å². The molecule has 11 heavy (non-hydrogen) atoms. The van der Waals surface area contributed by atoms with E-state index in [0.717, 1.165) is 0 Å². The van der Waals surface area contributed by atoms with Crippen molar-refractivity contribution in [2.45, 2.75) is 19.9 Å². The molecule has 0 aliphatic heterocycles. The first kappa shape index (κ1) is 10.5. The molecular weight excluding hydrogens is 160 g/mol. The van der Waals surface area contributed by atoms with Gasteiger partial charge in [0.25, 0.3) is 0 Å². The van der Waals surface area contributed by atoms with E-state index in [4.69, 9.17) is 16.9 Å². The topological polar surface area (TPSA) is 27.0 Å². The Kier molecular flexibility index (Phi) is 4.93. The van der Waals surface area contributed by atoms with Gasteiger partial charge in [-0.3, -0.25) is 4.90 Å². The van der Waals surface area contributed by atoms with Gasteiger partial charge in [0.05, 0.1) is 12.6 Å². The van der Waals surface area contributed by atoms with Crippen LogP contribution in [0.5, 0.6) is 0 Å². The van der Waals surface area contributed by atoms with E-state index in [2.05, 4.69) is 12.6 Å². The summed E-state index contributed by atoms with van der Waals surface area (Å²) in [6.07, 6.45) is 0. The van der Waals surface area contributed by atoms with E-state index in [0.29, 0.717) is 24.2 Å². The van der Waals surface area contributed by atoms with Gasteiger partial charge in [0.1, 0.15) is 0 Å². The third-order valence-electron chi connectivity index (χ3n) is 1.38. The molecule has 2 nitrogen and oxygen atoms in total. The predicted molar refractivity (Wildman–Crippen MR) is 47.3 cm³/mol. The Bertz CT molecular complexity index is 169. The Morgan fingerprint density at radius 2 is 2.27 bits per heavy atom. The molecular formula is C8H13ClN2. The SMILES string of the molecule is C=C(Cl)CN(CC#N)C(C)C. The van der Waals surface area contributed by atoms with Crippen LogP contribution in [0.4, 0.5) is 0 Å². The number of rotatable bonds is 4. The fourth-order valence-corrected chi connectivity index (χ4v) is 0.886. The highest BCUT2D eigenvalue weighted by molar-refractivity contribution is 6.29. The average molecular weight is 173 g/mol. The molecule has 0 aromatic rings. The maximum Gasteiger partial charge on any atom is 0.0871 e. The van der Waals surface area contributed by atoms with Gasteiger partial charge in [0.15, 0.2) is 0 Å². The Balaban J connectivity index is 3.91. The van der Waals surface area contributed by atoms with Crippen LogP contribution in [0.15, 0.2) is 11.6 Å². The molecule has 0 rings (SSSR count). The van der Waals surface area contributed by atoms with E-state index in [-0.39, 0.29) is 0 Å². The molecule has 0 aromatic carbocycles. The van der Waals surface area contributed by atoms with Gasteiger partial charge >= 0.3 is 0 Å². The monoisotopic (exact) mass is 172 g/mol. The Morgan fingerprint density at radius 1 is 1.73 bits per heavy atom. The van der Waals surface area contributed by atoms with Crippen molar-refractivity contribution >= 4 is 11.6 Å². The maximum absolute atomic E-state index is 8.43. The molecule has 0 fully saturated rings. The van der Waals surface area contributed by atoms with Gasteiger partial charge in [-0.2, -0.15) is 5.26 Å². The number of halogens is 1. The summed E-state index contributed by atoms with van der Waals surface area (Å²) < 4.78 is 0. The second-order valence-electron chi connectivity index (χ2n) is 2.67. The van der Waals surface area contributed by atoms with Crippen LogP contribution in [-0.4, -0.2) is 24.0 Å². The standard InChI is InChI=1S/C8H13ClN2/c1-7(2)11(5-4-10)6-8(3)9/h7H,3,5-6H2,1-2H3. The van der Waals surface area contributed by atoms with Gasteiger partial charge in [-0.1, -0.05) is 18.2 Å². The normalized spacial score (nSPS) is 10.2. The van der Waals surface area contributed by atoms with Crippen LogP contribution in [0, 0.1) is 11.3 Å². The van der Waals surface area contributed by atoms with Crippen molar-refractivity contribution in [1.82, 2.24) is 4.90 Å². The third kappa shape index (κ3) is 4.83. The zero-order valence-corrected chi connectivity index (χ0v) is 7.73. The minimum atomic E-state index is 0.338. The average Bonchev–Trinajstić information content (AvgIpc) is 1.86. The lowest BCUT2D eigenvalue weighted by molar-refractivity contribution is 0.274. The zero-order chi connectivity index (χ0) is 8.85. The van der Waals surface area contributed by atoms with Crippen molar-refractivity contribution in [2.24, 2.45) is 0 Å². The van der Waals surface area contributed by atoms with Crippen molar-refractivity contribution in [2.75, 3.05) is 13.1 Å². The first-order valence-electron chi connectivity index (χ1n) is 3.52. The summed E-state index contributed by atoms with van der Waals surface area (Å²) in [6, 6.07) is 2.42. The maximum atomic E-state index is 8.43. The van der Waals surface area contributed by atoms with E-state index in [9.17, 15) is 0 Å². The van der Waals surface area contributed by atoms with Crippen LogP contribution in [0.2, 0.25) is 0 Å². The molecule has 0 aliphatic carbocycles. The highest BCUT2D eigenvalue weighted by atomic mass is 35.5. The van der Waals surface area contributed by atoms with Crippen LogP contribution in [0.25, 0.3) is 0 Å². The largest absolute Gasteiger partial charge is 0.283 e. The highest BCUT2D eigenvalue weighted by Gasteiger charge is 2.08. The second kappa shape index (κ2) is 5.17. The van der Waals surface area contributed by atoms with Gasteiger partial charge in [0, 0.05) is 17.6 Å². The molecule has 0 aromatic heterocycles. The summed E-state index contributed by atoms with van der Waals surface area (Å²) in [7, 11) is 0. The van der Waals surface area contributed by atoms with Crippen LogP contribution < -0.4 is 0 Å². The third-order valence-corrected chi connectivity index (χ3v) is 1.50. The van der Waals surface area contributed by atoms with Gasteiger partial charge in [-0.15, -0.1) is 0 Å². The van der Waals surface area contributed by atoms with E-state index in [1.807, 2.05) is 18.7 Å². The number of nitriles is 1. The summed E-state index contributed by atoms with van der Waals surface area (Å²) in [6.45, 7) is 8.62. The molecule has 0 N–H and O–H groups in total. The molecule has 0 bridgehead atoms. The van der Waals surface area contributed by atoms with Gasteiger partial charge in [-0.05, 0) is 13.8 Å². The smallest absolute Gasteiger partial charge is 0.0871 e. The quantitative estimate of drug-likeness (QED) is 0.607. The van der Waals surface area contributed by atoms with Gasteiger partial charge in [0.2, 0.25) is 0 Å². The fraction of sp³-hybridized carbons (Fsp3) is 0.625. The first-order valence-corrected chi connectivity index (χ1v) is 3.90. The van der Waals surface area contributed by atoms with Crippen molar-refractivity contribution in [3.8, 4) is 6.07 Å². The first-order chi connectivity index (χ1) is 5.07. The molecule has 0 amide bonds. The van der Waals surface area contributed by atoms with E-state index < -0.39 is 0 Å². The Morgan fingerprint density at radius 3 is 2.55 bits per heavy atom. The van der Waals surface area contributed by atoms with Crippen molar-refractivity contribution < 1.29 is 0 Å². The lowest BCUT2D eigenvalue weighted by Crippen LogP contribution is -2.32. The second-order valence-corrected chi connectivity index (χ2v) is 3.21. The lowest BCUT2D eigenvalue weighted by atomic mass is 10.3. The molecule has 3 heteroatoms. The molecule has 0 atom stereocenters. The molecule has 62 valence electrons. The number of nitrogens with zero attached hydrogens (tertiary/aromatic N) is 2. The number of hydrogen-bond donors (Lipinski definition) is 0. The summed E-state index contributed by atoms with van der Waals surface area (Å²) >= 11 is 5.61. The van der Waals surface area contributed by atoms with Crippen LogP contribution in [-0.2, 0) is 0 Å². The lowest BCUT2D eigenvalue weighted by Gasteiger charge is -2.22. The summed E-state index contributed by atoms with van der Waals surface area (Å²) in [4.78, 5) is 1.95. The van der Waals surface area contributed by atoms with E-state index >= 15 is 0 Å². The Hall–Kier alpha value is -0.520. The molecule has 0 aliphatic rings. The van der Waals surface area contributed by atoms with Crippen LogP contribution in [0.1, 0.15) is 13.8 Å². The van der Waals surface area contributed by atoms with Crippen molar-refractivity contribution in [3.05, 3.63) is 11.6 Å². The summed E-state index contributed by atoms with van der Waals surface area (Å²) in [5, 5.41) is 9.01. The predicted octanol–water partition coefficient (Wildman–Crippen LogP) is 1.97. The number of hydrogen-bond acceptors (Lipinski definition) is 2. The van der Waals surface area contributed by atoms with Crippen molar-refractivity contribution in [3.63, 3.8) is 0 Å². The zero-order valence-electron chi connectivity index (χ0n) is 6.97. The molecule has 0 spiro atoms. The molecule has 0 radical (unpaired) electrons. The van der Waals surface area contributed by atoms with Crippen LogP contribution >= 0.6 is 11.6 Å². The highest BCUT2D eigenvalue weighted by Crippen LogP contribution is 2.04. The minimum Gasteiger partial charge on any atom is -0.283 e. The minimum absolute atomic E-state index is 0.338. The van der Waals surface area contributed by atoms with Crippen molar-refractivity contribution in [1.29, 1.82) is 5.26 Å². The van der Waals surface area contributed by atoms with E-state index in [1.165, 1.54) is 0 Å². The van der Waals surface area contributed by atoms with Gasteiger partial charge < -0.3 is 0 Å². The van der Waals surface area contributed by atoms with Crippen LogP contribution in [0.3, 0.4) is 0 Å². The summed E-state index contributed by atoms with van der Waals surface area (Å²) in [5.74, 6) is 0. The molecule has 0 saturated carbocycles. The fourth-order valence-electron chi connectivity index (χ4n) is 0.732. The molecule has 0 heterocycles. The molecule has 0 saturated heterocycles. The summed E-state index contributed by atoms with van der Waals surface area (Å²) in [5.41, 5.74) is 0. The van der Waals surface area contributed by atoms with E-state index in [1.54, 1.807) is 0 Å². The molecule has 0 unspecified atom stereocenters.